The van der Waals surface area contributed by atoms with Crippen LogP contribution in [0, 0.1) is 19.8 Å². The summed E-state index contributed by atoms with van der Waals surface area (Å²) in [5, 5.41) is 4.27. The average molecular weight is 279 g/mol. The van der Waals surface area contributed by atoms with Crippen molar-refractivity contribution >= 4 is 19.7 Å². The molecule has 0 N–H and O–H groups in total. The summed E-state index contributed by atoms with van der Waals surface area (Å²) in [6.07, 6.45) is 2.11. The van der Waals surface area contributed by atoms with Crippen LogP contribution in [0.2, 0.25) is 0 Å². The lowest BCUT2D eigenvalue weighted by molar-refractivity contribution is 0.389. The molecule has 0 aliphatic carbocycles. The molecule has 6 heteroatoms. The average Bonchev–Trinajstić information content (AvgIpc) is 2.49. The molecule has 1 aromatic heterocycles. The van der Waals surface area contributed by atoms with Crippen LogP contribution in [0.15, 0.2) is 4.90 Å². The standard InChI is InChI=1S/C11H19ClN2O2S/c1-5-10(6-2)7-14-9(4)11(8(3)13-14)17(12,15)16/h10H,5-7H2,1-4H3. The second kappa shape index (κ2) is 5.40. The topological polar surface area (TPSA) is 52.0 Å². The minimum Gasteiger partial charge on any atom is -0.268 e. The van der Waals surface area contributed by atoms with Crippen molar-refractivity contribution in [1.82, 2.24) is 9.78 Å². The Hall–Kier alpha value is -0.550. The Labute approximate surface area is 107 Å². The van der Waals surface area contributed by atoms with E-state index in [4.69, 9.17) is 10.7 Å². The summed E-state index contributed by atoms with van der Waals surface area (Å²) in [6.45, 7) is 8.41. The van der Waals surface area contributed by atoms with E-state index >= 15 is 0 Å². The maximum absolute atomic E-state index is 11.4. The number of aryl methyl sites for hydroxylation is 1. The van der Waals surface area contributed by atoms with Gasteiger partial charge in [0.15, 0.2) is 0 Å². The summed E-state index contributed by atoms with van der Waals surface area (Å²) < 4.78 is 24.6. The highest BCUT2D eigenvalue weighted by Crippen LogP contribution is 2.24. The van der Waals surface area contributed by atoms with Crippen LogP contribution in [0.1, 0.15) is 38.1 Å². The fraction of sp³-hybridized carbons (Fsp3) is 0.727. The van der Waals surface area contributed by atoms with Gasteiger partial charge in [0, 0.05) is 17.2 Å². The van der Waals surface area contributed by atoms with Gasteiger partial charge >= 0.3 is 0 Å². The van der Waals surface area contributed by atoms with E-state index in [1.54, 1.807) is 18.5 Å². The summed E-state index contributed by atoms with van der Waals surface area (Å²) in [5.41, 5.74) is 1.10. The van der Waals surface area contributed by atoms with Gasteiger partial charge in [-0.25, -0.2) is 8.42 Å². The maximum Gasteiger partial charge on any atom is 0.264 e. The Morgan fingerprint density at radius 3 is 2.18 bits per heavy atom. The van der Waals surface area contributed by atoms with Crippen molar-refractivity contribution in [2.45, 2.75) is 52.0 Å². The van der Waals surface area contributed by atoms with Crippen molar-refractivity contribution < 1.29 is 8.42 Å². The summed E-state index contributed by atoms with van der Waals surface area (Å²) >= 11 is 0. The SMILES string of the molecule is CCC(CC)Cn1nc(C)c(S(=O)(=O)Cl)c1C. The van der Waals surface area contributed by atoms with E-state index < -0.39 is 9.05 Å². The number of halogens is 1. The first-order valence-corrected chi connectivity index (χ1v) is 8.10. The smallest absolute Gasteiger partial charge is 0.264 e. The molecule has 0 atom stereocenters. The van der Waals surface area contributed by atoms with Crippen molar-refractivity contribution in [2.24, 2.45) is 5.92 Å². The van der Waals surface area contributed by atoms with Gasteiger partial charge in [-0.3, -0.25) is 4.68 Å². The van der Waals surface area contributed by atoms with Crippen LogP contribution >= 0.6 is 10.7 Å². The molecule has 0 unspecified atom stereocenters. The zero-order valence-electron chi connectivity index (χ0n) is 10.7. The van der Waals surface area contributed by atoms with E-state index in [1.165, 1.54) is 0 Å². The lowest BCUT2D eigenvalue weighted by Gasteiger charge is -2.13. The first kappa shape index (κ1) is 14.5. The van der Waals surface area contributed by atoms with Crippen molar-refractivity contribution in [3.63, 3.8) is 0 Å². The van der Waals surface area contributed by atoms with E-state index in [0.29, 0.717) is 17.3 Å². The minimum absolute atomic E-state index is 0.158. The first-order valence-electron chi connectivity index (χ1n) is 5.79. The Morgan fingerprint density at radius 2 is 1.82 bits per heavy atom. The van der Waals surface area contributed by atoms with Gasteiger partial charge in [0.25, 0.3) is 9.05 Å². The molecule has 98 valence electrons. The summed E-state index contributed by atoms with van der Waals surface area (Å²) in [4.78, 5) is 0.158. The lowest BCUT2D eigenvalue weighted by Crippen LogP contribution is -2.12. The summed E-state index contributed by atoms with van der Waals surface area (Å²) in [7, 11) is 1.70. The van der Waals surface area contributed by atoms with Gasteiger partial charge in [-0.05, 0) is 19.8 Å². The molecule has 0 saturated heterocycles. The number of rotatable bonds is 5. The summed E-state index contributed by atoms with van der Waals surface area (Å²) in [5.74, 6) is 0.513. The molecule has 1 aromatic rings. The Morgan fingerprint density at radius 1 is 1.29 bits per heavy atom. The Balaban J connectivity index is 3.13. The molecule has 0 radical (unpaired) electrons. The zero-order chi connectivity index (χ0) is 13.2. The number of hydrogen-bond acceptors (Lipinski definition) is 3. The van der Waals surface area contributed by atoms with Crippen molar-refractivity contribution in [3.05, 3.63) is 11.4 Å². The molecule has 0 fully saturated rings. The van der Waals surface area contributed by atoms with Gasteiger partial charge < -0.3 is 0 Å². The molecule has 0 amide bonds. The van der Waals surface area contributed by atoms with Gasteiger partial charge in [0.2, 0.25) is 0 Å². The molecule has 0 aliphatic heterocycles. The number of nitrogens with zero attached hydrogens (tertiary/aromatic N) is 2. The van der Waals surface area contributed by atoms with Crippen LogP contribution in [0.5, 0.6) is 0 Å². The largest absolute Gasteiger partial charge is 0.268 e. The monoisotopic (exact) mass is 278 g/mol. The van der Waals surface area contributed by atoms with Crippen molar-refractivity contribution in [3.8, 4) is 0 Å². The van der Waals surface area contributed by atoms with Crippen LogP contribution < -0.4 is 0 Å². The molecule has 0 aliphatic rings. The van der Waals surface area contributed by atoms with E-state index in [1.807, 2.05) is 0 Å². The van der Waals surface area contributed by atoms with E-state index in [2.05, 4.69) is 18.9 Å². The minimum atomic E-state index is -3.70. The molecule has 0 saturated carbocycles. The quantitative estimate of drug-likeness (QED) is 0.778. The van der Waals surface area contributed by atoms with Gasteiger partial charge in [0.1, 0.15) is 4.90 Å². The second-order valence-corrected chi connectivity index (χ2v) is 6.81. The fourth-order valence-electron chi connectivity index (χ4n) is 2.00. The third-order valence-corrected chi connectivity index (χ3v) is 4.69. The third kappa shape index (κ3) is 3.22. The molecule has 1 rings (SSSR count). The highest BCUT2D eigenvalue weighted by atomic mass is 35.7. The predicted octanol–water partition coefficient (Wildman–Crippen LogP) is 2.86. The van der Waals surface area contributed by atoms with Gasteiger partial charge in [-0.15, -0.1) is 0 Å². The maximum atomic E-state index is 11.4. The van der Waals surface area contributed by atoms with Crippen LogP contribution in [-0.4, -0.2) is 18.2 Å². The van der Waals surface area contributed by atoms with E-state index in [9.17, 15) is 8.42 Å². The van der Waals surface area contributed by atoms with Gasteiger partial charge in [0.05, 0.1) is 11.4 Å². The molecular weight excluding hydrogens is 260 g/mol. The highest BCUT2D eigenvalue weighted by Gasteiger charge is 2.23. The number of hydrogen-bond donors (Lipinski definition) is 0. The lowest BCUT2D eigenvalue weighted by atomic mass is 10.0. The van der Waals surface area contributed by atoms with Crippen molar-refractivity contribution in [2.75, 3.05) is 0 Å². The Kier molecular flexibility index (Phi) is 4.61. The fourth-order valence-corrected chi connectivity index (χ4v) is 3.52. The van der Waals surface area contributed by atoms with Crippen LogP contribution in [-0.2, 0) is 15.6 Å². The predicted molar refractivity (Wildman–Crippen MR) is 68.8 cm³/mol. The van der Waals surface area contributed by atoms with Crippen LogP contribution in [0.25, 0.3) is 0 Å². The third-order valence-electron chi connectivity index (χ3n) is 3.14. The zero-order valence-corrected chi connectivity index (χ0v) is 12.3. The highest BCUT2D eigenvalue weighted by molar-refractivity contribution is 8.13. The molecule has 17 heavy (non-hydrogen) atoms. The van der Waals surface area contributed by atoms with Gasteiger partial charge in [-0.2, -0.15) is 5.10 Å². The molecule has 1 heterocycles. The first-order chi connectivity index (χ1) is 7.81. The molecule has 0 spiro atoms. The second-order valence-electron chi connectivity index (χ2n) is 4.30. The van der Waals surface area contributed by atoms with E-state index in [0.717, 1.165) is 19.4 Å². The van der Waals surface area contributed by atoms with Gasteiger partial charge in [-0.1, -0.05) is 26.7 Å². The molecular formula is C11H19ClN2O2S. The van der Waals surface area contributed by atoms with Crippen LogP contribution in [0.3, 0.4) is 0 Å². The van der Waals surface area contributed by atoms with Crippen LogP contribution in [0.4, 0.5) is 0 Å². The van der Waals surface area contributed by atoms with E-state index in [-0.39, 0.29) is 4.90 Å². The molecule has 0 bridgehead atoms. The summed E-state index contributed by atoms with van der Waals surface area (Å²) in [6, 6.07) is 0. The molecule has 4 nitrogen and oxygen atoms in total. The Bertz CT molecular complexity index is 490. The number of aromatic nitrogens is 2. The normalized spacial score (nSPS) is 12.4. The van der Waals surface area contributed by atoms with Crippen molar-refractivity contribution in [1.29, 1.82) is 0 Å². The molecule has 0 aromatic carbocycles.